The number of ether oxygens (including phenoxy) is 4. The molecule has 0 aliphatic carbocycles. The van der Waals surface area contributed by atoms with E-state index in [1.165, 1.54) is 0 Å². The number of carbonyl (C=O) groups excluding carboxylic acids is 4. The first-order chi connectivity index (χ1) is 14.1. The zero-order valence-corrected chi connectivity index (χ0v) is 16.2. The molecule has 162 valence electrons. The predicted molar refractivity (Wildman–Crippen MR) is 103 cm³/mol. The zero-order valence-electron chi connectivity index (χ0n) is 16.2. The van der Waals surface area contributed by atoms with Crippen molar-refractivity contribution in [2.75, 3.05) is 26.4 Å². The number of esters is 4. The smallest absolute Gasteiger partial charge is 0.335 e. The van der Waals surface area contributed by atoms with Crippen molar-refractivity contribution >= 4 is 29.8 Å². The van der Waals surface area contributed by atoms with E-state index in [0.29, 0.717) is 0 Å². The standard InChI is InChI=1S/C20H22O10/c1-5-15(21)27-10-20(11-28-16(22)6-2,12-29-17(23)7-3)13-30-18(24)9-8-14(4)19(25)26/h5-9H,1-4,10-13H2,(H,25,26). The summed E-state index contributed by atoms with van der Waals surface area (Å²) in [5, 5.41) is 8.72. The molecule has 0 unspecified atom stereocenters. The average Bonchev–Trinajstić information content (AvgIpc) is 2.75. The molecular weight excluding hydrogens is 400 g/mol. The summed E-state index contributed by atoms with van der Waals surface area (Å²) in [6, 6.07) is 0. The normalized spacial score (nSPS) is 10.4. The molecule has 0 aliphatic heterocycles. The Morgan fingerprint density at radius 1 is 0.667 bits per heavy atom. The molecule has 0 radical (unpaired) electrons. The van der Waals surface area contributed by atoms with Gasteiger partial charge in [-0.3, -0.25) is 0 Å². The highest BCUT2D eigenvalue weighted by Gasteiger charge is 2.37. The van der Waals surface area contributed by atoms with Crippen LogP contribution < -0.4 is 0 Å². The van der Waals surface area contributed by atoms with E-state index in [1.807, 2.05) is 0 Å². The van der Waals surface area contributed by atoms with Crippen molar-refractivity contribution in [2.24, 2.45) is 5.41 Å². The fourth-order valence-electron chi connectivity index (χ4n) is 1.61. The van der Waals surface area contributed by atoms with Crippen LogP contribution in [-0.2, 0) is 42.9 Å². The van der Waals surface area contributed by atoms with Crippen molar-refractivity contribution in [3.05, 3.63) is 62.3 Å². The Morgan fingerprint density at radius 3 is 1.30 bits per heavy atom. The minimum atomic E-state index is -1.48. The Bertz CT molecular complexity index is 700. The van der Waals surface area contributed by atoms with Gasteiger partial charge in [0.05, 0.1) is 5.57 Å². The summed E-state index contributed by atoms with van der Waals surface area (Å²) < 4.78 is 19.9. The molecule has 0 spiro atoms. The van der Waals surface area contributed by atoms with Gasteiger partial charge in [-0.15, -0.1) is 0 Å². The molecule has 0 aliphatic rings. The van der Waals surface area contributed by atoms with Gasteiger partial charge in [-0.05, 0) is 6.08 Å². The van der Waals surface area contributed by atoms with Gasteiger partial charge in [-0.1, -0.05) is 26.3 Å². The van der Waals surface area contributed by atoms with E-state index < -0.39 is 61.7 Å². The largest absolute Gasteiger partial charge is 0.478 e. The molecule has 0 aromatic heterocycles. The predicted octanol–water partition coefficient (Wildman–Crippen LogP) is 0.901. The van der Waals surface area contributed by atoms with Gasteiger partial charge in [-0.25, -0.2) is 24.0 Å². The average molecular weight is 422 g/mol. The van der Waals surface area contributed by atoms with Gasteiger partial charge in [-0.2, -0.15) is 0 Å². The van der Waals surface area contributed by atoms with Gasteiger partial charge < -0.3 is 24.1 Å². The molecule has 10 nitrogen and oxygen atoms in total. The summed E-state index contributed by atoms with van der Waals surface area (Å²) in [6.07, 6.45) is 4.36. The Hall–Kier alpha value is -3.95. The van der Waals surface area contributed by atoms with Crippen LogP contribution in [0.3, 0.4) is 0 Å². The first-order valence-electron chi connectivity index (χ1n) is 8.23. The van der Waals surface area contributed by atoms with Crippen LogP contribution in [0.15, 0.2) is 62.3 Å². The Labute approximate surface area is 172 Å². The second kappa shape index (κ2) is 13.3. The first-order valence-corrected chi connectivity index (χ1v) is 8.23. The second-order valence-electron chi connectivity index (χ2n) is 5.71. The summed E-state index contributed by atoms with van der Waals surface area (Å²) in [4.78, 5) is 56.9. The van der Waals surface area contributed by atoms with Gasteiger partial charge in [0.15, 0.2) is 0 Å². The summed E-state index contributed by atoms with van der Waals surface area (Å²) in [7, 11) is 0. The third-order valence-corrected chi connectivity index (χ3v) is 3.28. The summed E-state index contributed by atoms with van der Waals surface area (Å²) in [5.74, 6) is -4.78. The lowest BCUT2D eigenvalue weighted by atomic mass is 9.92. The van der Waals surface area contributed by atoms with Gasteiger partial charge in [0.2, 0.25) is 0 Å². The van der Waals surface area contributed by atoms with Crippen molar-refractivity contribution in [2.45, 2.75) is 0 Å². The molecule has 0 aromatic rings. The van der Waals surface area contributed by atoms with Crippen molar-refractivity contribution in [1.82, 2.24) is 0 Å². The van der Waals surface area contributed by atoms with E-state index in [9.17, 15) is 24.0 Å². The van der Waals surface area contributed by atoms with Crippen molar-refractivity contribution in [1.29, 1.82) is 0 Å². The van der Waals surface area contributed by atoms with Crippen LogP contribution in [0, 0.1) is 5.41 Å². The molecule has 0 rings (SSSR count). The maximum Gasteiger partial charge on any atom is 0.335 e. The molecule has 0 heterocycles. The molecule has 0 saturated carbocycles. The van der Waals surface area contributed by atoms with E-state index in [2.05, 4.69) is 26.3 Å². The molecule has 10 heteroatoms. The van der Waals surface area contributed by atoms with E-state index in [4.69, 9.17) is 24.1 Å². The summed E-state index contributed by atoms with van der Waals surface area (Å²) >= 11 is 0. The number of hydrogen-bond donors (Lipinski definition) is 1. The van der Waals surface area contributed by atoms with Crippen molar-refractivity contribution < 1.29 is 48.0 Å². The Kier molecular flexibility index (Phi) is 11.5. The quantitative estimate of drug-likeness (QED) is 0.186. The molecule has 30 heavy (non-hydrogen) atoms. The maximum absolute atomic E-state index is 11.9. The number of carbonyl (C=O) groups is 5. The van der Waals surface area contributed by atoms with Crippen LogP contribution in [0.5, 0.6) is 0 Å². The lowest BCUT2D eigenvalue weighted by Gasteiger charge is -2.31. The number of carboxylic acid groups (broad SMARTS) is 1. The third-order valence-electron chi connectivity index (χ3n) is 3.28. The molecule has 0 fully saturated rings. The van der Waals surface area contributed by atoms with Crippen LogP contribution in [0.4, 0.5) is 0 Å². The highest BCUT2D eigenvalue weighted by molar-refractivity contribution is 5.92. The lowest BCUT2D eigenvalue weighted by Crippen LogP contribution is -2.43. The molecule has 0 aromatic carbocycles. The fraction of sp³-hybridized carbons (Fsp3) is 0.250. The molecule has 0 amide bonds. The first kappa shape index (κ1) is 26.1. The molecule has 0 saturated heterocycles. The second-order valence-corrected chi connectivity index (χ2v) is 5.71. The van der Waals surface area contributed by atoms with Crippen LogP contribution >= 0.6 is 0 Å². The molecular formula is C20H22O10. The minimum Gasteiger partial charge on any atom is -0.478 e. The van der Waals surface area contributed by atoms with Crippen molar-refractivity contribution in [3.63, 3.8) is 0 Å². The third kappa shape index (κ3) is 10.4. The van der Waals surface area contributed by atoms with Gasteiger partial charge in [0, 0.05) is 24.3 Å². The van der Waals surface area contributed by atoms with Crippen LogP contribution in [0.25, 0.3) is 0 Å². The van der Waals surface area contributed by atoms with Gasteiger partial charge in [0.25, 0.3) is 0 Å². The van der Waals surface area contributed by atoms with E-state index >= 15 is 0 Å². The minimum absolute atomic E-state index is 0.363. The zero-order chi connectivity index (χ0) is 23.2. The van der Waals surface area contributed by atoms with Gasteiger partial charge >= 0.3 is 29.8 Å². The topological polar surface area (TPSA) is 142 Å². The maximum atomic E-state index is 11.9. The van der Waals surface area contributed by atoms with Crippen LogP contribution in [0.1, 0.15) is 0 Å². The number of carboxylic acids is 1. The summed E-state index contributed by atoms with van der Waals surface area (Å²) in [5.41, 5.74) is -1.85. The Balaban J connectivity index is 5.52. The molecule has 0 atom stereocenters. The SMILES string of the molecule is C=CC(=O)OCC(COC(=O)C=C)(COC(=O)C=C)COC(=O)C=CC(=C)C(=O)O. The number of aliphatic carboxylic acids is 1. The fourth-order valence-corrected chi connectivity index (χ4v) is 1.61. The van der Waals surface area contributed by atoms with Crippen molar-refractivity contribution in [3.8, 4) is 0 Å². The van der Waals surface area contributed by atoms with E-state index in [1.54, 1.807) is 0 Å². The van der Waals surface area contributed by atoms with E-state index in [0.717, 1.165) is 30.4 Å². The Morgan fingerprint density at radius 2 is 1.00 bits per heavy atom. The number of hydrogen-bond acceptors (Lipinski definition) is 9. The van der Waals surface area contributed by atoms with E-state index in [-0.39, 0.29) is 5.57 Å². The number of rotatable bonds is 14. The highest BCUT2D eigenvalue weighted by atomic mass is 16.6. The van der Waals surface area contributed by atoms with Gasteiger partial charge in [0.1, 0.15) is 31.8 Å². The lowest BCUT2D eigenvalue weighted by molar-refractivity contribution is -0.164. The van der Waals surface area contributed by atoms with Crippen LogP contribution in [-0.4, -0.2) is 61.4 Å². The summed E-state index contributed by atoms with van der Waals surface area (Å²) in [6.45, 7) is 11.0. The highest BCUT2D eigenvalue weighted by Crippen LogP contribution is 2.22. The van der Waals surface area contributed by atoms with Crippen LogP contribution in [0.2, 0.25) is 0 Å². The molecule has 0 bridgehead atoms. The monoisotopic (exact) mass is 422 g/mol. The molecule has 1 N–H and O–H groups in total.